The number of nitrogens with one attached hydrogen (secondary N) is 1. The minimum absolute atomic E-state index is 0.149. The zero-order chi connectivity index (χ0) is 16.8. The van der Waals surface area contributed by atoms with Gasteiger partial charge in [0.05, 0.1) is 12.7 Å². The third-order valence-electron chi connectivity index (χ3n) is 3.32. The highest BCUT2D eigenvalue weighted by atomic mass is 16.5. The van der Waals surface area contributed by atoms with Gasteiger partial charge < -0.3 is 20.2 Å². The first-order valence-corrected chi connectivity index (χ1v) is 7.46. The lowest BCUT2D eigenvalue weighted by Gasteiger charge is -2.05. The number of hydrogen-bond donors (Lipinski definition) is 2. The molecular formula is C18H17N3O3. The number of carbonyl (C=O) groups is 1. The molecule has 0 aliphatic heterocycles. The molecule has 0 aliphatic rings. The van der Waals surface area contributed by atoms with Crippen LogP contribution in [0.4, 0.5) is 10.5 Å². The average molecular weight is 323 g/mol. The first-order chi connectivity index (χ1) is 11.7. The van der Waals surface area contributed by atoms with Crippen molar-refractivity contribution in [1.82, 2.24) is 10.3 Å². The van der Waals surface area contributed by atoms with Gasteiger partial charge in [0.1, 0.15) is 6.61 Å². The van der Waals surface area contributed by atoms with Gasteiger partial charge in [0, 0.05) is 11.3 Å². The van der Waals surface area contributed by atoms with Crippen molar-refractivity contribution in [1.29, 1.82) is 0 Å². The summed E-state index contributed by atoms with van der Waals surface area (Å²) in [4.78, 5) is 15.8. The van der Waals surface area contributed by atoms with Gasteiger partial charge >= 0.3 is 6.09 Å². The van der Waals surface area contributed by atoms with E-state index >= 15 is 0 Å². The Morgan fingerprint density at radius 3 is 2.79 bits per heavy atom. The van der Waals surface area contributed by atoms with Crippen LogP contribution in [-0.2, 0) is 17.9 Å². The Hall–Kier alpha value is -3.28. The highest BCUT2D eigenvalue weighted by Gasteiger charge is 2.09. The van der Waals surface area contributed by atoms with E-state index in [2.05, 4.69) is 10.3 Å². The van der Waals surface area contributed by atoms with Crippen LogP contribution in [0.5, 0.6) is 0 Å². The van der Waals surface area contributed by atoms with Crippen molar-refractivity contribution >= 4 is 11.8 Å². The molecule has 0 unspecified atom stereocenters. The Kier molecular flexibility index (Phi) is 4.76. The fourth-order valence-corrected chi connectivity index (χ4v) is 2.14. The summed E-state index contributed by atoms with van der Waals surface area (Å²) in [5.74, 6) is 0.987. The van der Waals surface area contributed by atoms with E-state index in [1.54, 1.807) is 18.3 Å². The van der Waals surface area contributed by atoms with Gasteiger partial charge in [0.15, 0.2) is 5.76 Å². The van der Waals surface area contributed by atoms with Crippen LogP contribution in [0.3, 0.4) is 0 Å². The minimum atomic E-state index is -0.525. The standard InChI is InChI=1S/C18H17N3O3/c19-15-8-4-7-14(9-15)16-10-20-17(24-16)11-21-18(22)23-12-13-5-2-1-3-6-13/h1-10H,11-12,19H2,(H,21,22). The molecule has 0 fully saturated rings. The molecule has 2 aromatic carbocycles. The first-order valence-electron chi connectivity index (χ1n) is 7.46. The smallest absolute Gasteiger partial charge is 0.407 e. The first kappa shape index (κ1) is 15.6. The number of benzene rings is 2. The number of aromatic nitrogens is 1. The summed E-state index contributed by atoms with van der Waals surface area (Å²) in [6.07, 6.45) is 1.07. The van der Waals surface area contributed by atoms with E-state index in [4.69, 9.17) is 14.9 Å². The number of rotatable bonds is 5. The van der Waals surface area contributed by atoms with Crippen molar-refractivity contribution in [3.63, 3.8) is 0 Å². The van der Waals surface area contributed by atoms with Crippen LogP contribution in [0.2, 0.25) is 0 Å². The van der Waals surface area contributed by atoms with Crippen molar-refractivity contribution in [2.75, 3.05) is 5.73 Å². The molecule has 0 aliphatic carbocycles. The van der Waals surface area contributed by atoms with E-state index in [0.717, 1.165) is 11.1 Å². The predicted octanol–water partition coefficient (Wildman–Crippen LogP) is 3.35. The minimum Gasteiger partial charge on any atom is -0.445 e. The molecule has 6 nitrogen and oxygen atoms in total. The summed E-state index contributed by atoms with van der Waals surface area (Å²) < 4.78 is 10.7. The van der Waals surface area contributed by atoms with Crippen LogP contribution in [0.15, 0.2) is 65.2 Å². The Bertz CT molecular complexity index is 815. The molecule has 0 radical (unpaired) electrons. The third-order valence-corrected chi connectivity index (χ3v) is 3.32. The fraction of sp³-hybridized carbons (Fsp3) is 0.111. The van der Waals surface area contributed by atoms with E-state index in [-0.39, 0.29) is 13.2 Å². The summed E-state index contributed by atoms with van der Waals surface area (Å²) in [6, 6.07) is 16.8. The van der Waals surface area contributed by atoms with Crippen LogP contribution >= 0.6 is 0 Å². The van der Waals surface area contributed by atoms with Gasteiger partial charge in [-0.3, -0.25) is 0 Å². The third kappa shape index (κ3) is 4.13. The van der Waals surface area contributed by atoms with Crippen LogP contribution in [0.25, 0.3) is 11.3 Å². The van der Waals surface area contributed by atoms with Crippen LogP contribution in [0.1, 0.15) is 11.5 Å². The number of nitrogen functional groups attached to an aromatic ring is 1. The molecule has 1 amide bonds. The van der Waals surface area contributed by atoms with E-state index in [0.29, 0.717) is 17.3 Å². The van der Waals surface area contributed by atoms with Crippen LogP contribution in [-0.4, -0.2) is 11.1 Å². The molecule has 0 spiro atoms. The molecule has 1 heterocycles. The van der Waals surface area contributed by atoms with Gasteiger partial charge in [-0.1, -0.05) is 42.5 Å². The number of ether oxygens (including phenoxy) is 1. The highest BCUT2D eigenvalue weighted by Crippen LogP contribution is 2.22. The molecule has 3 aromatic rings. The molecule has 1 aromatic heterocycles. The number of nitrogens with zero attached hydrogens (tertiary/aromatic N) is 1. The SMILES string of the molecule is Nc1cccc(-c2cnc(CNC(=O)OCc3ccccc3)o2)c1. The number of nitrogens with two attached hydrogens (primary N) is 1. The summed E-state index contributed by atoms with van der Waals surface area (Å²) >= 11 is 0. The predicted molar refractivity (Wildman–Crippen MR) is 89.8 cm³/mol. The maximum Gasteiger partial charge on any atom is 0.407 e. The van der Waals surface area contributed by atoms with Crippen molar-refractivity contribution in [3.8, 4) is 11.3 Å². The summed E-state index contributed by atoms with van der Waals surface area (Å²) in [6.45, 7) is 0.364. The van der Waals surface area contributed by atoms with Gasteiger partial charge in [-0.15, -0.1) is 0 Å². The molecule has 6 heteroatoms. The molecular weight excluding hydrogens is 306 g/mol. The number of oxazole rings is 1. The summed E-state index contributed by atoms with van der Waals surface area (Å²) in [5, 5.41) is 2.60. The fourth-order valence-electron chi connectivity index (χ4n) is 2.14. The van der Waals surface area contributed by atoms with Crippen molar-refractivity contribution in [2.24, 2.45) is 0 Å². The van der Waals surface area contributed by atoms with Gasteiger partial charge in [-0.25, -0.2) is 9.78 Å². The molecule has 0 saturated carbocycles. The van der Waals surface area contributed by atoms with Crippen molar-refractivity contribution in [3.05, 3.63) is 72.2 Å². The largest absolute Gasteiger partial charge is 0.445 e. The zero-order valence-corrected chi connectivity index (χ0v) is 12.9. The van der Waals surface area contributed by atoms with Crippen LogP contribution < -0.4 is 11.1 Å². The Balaban J connectivity index is 1.51. The average Bonchev–Trinajstić information content (AvgIpc) is 3.08. The Morgan fingerprint density at radius 2 is 2.00 bits per heavy atom. The molecule has 0 saturated heterocycles. The normalized spacial score (nSPS) is 10.3. The number of amides is 1. The zero-order valence-electron chi connectivity index (χ0n) is 12.9. The second kappa shape index (κ2) is 7.32. The topological polar surface area (TPSA) is 90.4 Å². The number of anilines is 1. The van der Waals surface area contributed by atoms with Gasteiger partial charge in [0.25, 0.3) is 0 Å². The second-order valence-corrected chi connectivity index (χ2v) is 5.16. The number of hydrogen-bond acceptors (Lipinski definition) is 5. The molecule has 0 bridgehead atoms. The Labute approximate surface area is 139 Å². The molecule has 24 heavy (non-hydrogen) atoms. The highest BCUT2D eigenvalue weighted by molar-refractivity contribution is 5.67. The molecule has 122 valence electrons. The van der Waals surface area contributed by atoms with E-state index in [1.165, 1.54) is 0 Å². The summed E-state index contributed by atoms with van der Waals surface area (Å²) in [7, 11) is 0. The second-order valence-electron chi connectivity index (χ2n) is 5.16. The molecule has 3 N–H and O–H groups in total. The van der Waals surface area contributed by atoms with E-state index in [1.807, 2.05) is 42.5 Å². The number of alkyl carbamates (subject to hydrolysis) is 1. The van der Waals surface area contributed by atoms with Gasteiger partial charge in [0.2, 0.25) is 5.89 Å². The maximum atomic E-state index is 11.7. The molecule has 3 rings (SSSR count). The van der Waals surface area contributed by atoms with E-state index in [9.17, 15) is 4.79 Å². The van der Waals surface area contributed by atoms with Gasteiger partial charge in [-0.05, 0) is 17.7 Å². The van der Waals surface area contributed by atoms with Crippen molar-refractivity contribution in [2.45, 2.75) is 13.2 Å². The maximum absolute atomic E-state index is 11.7. The van der Waals surface area contributed by atoms with Crippen LogP contribution in [0, 0.1) is 0 Å². The lowest BCUT2D eigenvalue weighted by molar-refractivity contribution is 0.138. The lowest BCUT2D eigenvalue weighted by Crippen LogP contribution is -2.23. The molecule has 0 atom stereocenters. The lowest BCUT2D eigenvalue weighted by atomic mass is 10.2. The Morgan fingerprint density at radius 1 is 1.17 bits per heavy atom. The number of carbonyl (C=O) groups excluding carboxylic acids is 1. The monoisotopic (exact) mass is 323 g/mol. The quantitative estimate of drug-likeness (QED) is 0.703. The van der Waals surface area contributed by atoms with Gasteiger partial charge in [-0.2, -0.15) is 0 Å². The van der Waals surface area contributed by atoms with E-state index < -0.39 is 6.09 Å². The van der Waals surface area contributed by atoms with Crippen molar-refractivity contribution < 1.29 is 13.9 Å². The summed E-state index contributed by atoms with van der Waals surface area (Å²) in [5.41, 5.74) is 8.15.